The number of likely N-dealkylation sites (N-methyl/N-ethyl adjacent to an activating group) is 1. The van der Waals surface area contributed by atoms with Crippen LogP contribution in [-0.2, 0) is 13.0 Å². The lowest BCUT2D eigenvalue weighted by molar-refractivity contribution is -0.905. The van der Waals surface area contributed by atoms with E-state index in [1.165, 1.54) is 17.7 Å². The number of hydrogen-bond acceptors (Lipinski definition) is 1. The Bertz CT molecular complexity index is 339. The molecule has 0 aliphatic carbocycles. The van der Waals surface area contributed by atoms with Crippen molar-refractivity contribution < 1.29 is 28.5 Å². The third-order valence-corrected chi connectivity index (χ3v) is 2.87. The van der Waals surface area contributed by atoms with Crippen LogP contribution in [0.3, 0.4) is 0 Å². The molecule has 4 heteroatoms. The first-order valence-corrected chi connectivity index (χ1v) is 4.77. The van der Waals surface area contributed by atoms with Crippen molar-refractivity contribution in [3.05, 3.63) is 29.3 Å². The average Bonchev–Trinajstić information content (AvgIpc) is 2.02. The van der Waals surface area contributed by atoms with Crippen LogP contribution in [0.1, 0.15) is 11.1 Å². The molecule has 1 aliphatic rings. The van der Waals surface area contributed by atoms with E-state index in [1.807, 2.05) is 6.07 Å². The largest absolute Gasteiger partial charge is 1.00 e. The number of nitrogen functional groups attached to an aromatic ring is 1. The van der Waals surface area contributed by atoms with Gasteiger partial charge in [-0.2, -0.15) is 0 Å². The molecule has 0 unspecified atom stereocenters. The van der Waals surface area contributed by atoms with Crippen LogP contribution in [0, 0.1) is 0 Å². The quantitative estimate of drug-likeness (QED) is 0.359. The van der Waals surface area contributed by atoms with E-state index >= 15 is 0 Å². The van der Waals surface area contributed by atoms with Crippen molar-refractivity contribution in [2.75, 3.05) is 26.4 Å². The molecule has 1 aromatic carbocycles. The van der Waals surface area contributed by atoms with E-state index in [1.54, 1.807) is 0 Å². The highest BCUT2D eigenvalue weighted by molar-refractivity contribution is 5.85. The van der Waals surface area contributed by atoms with E-state index < -0.39 is 0 Å². The molecule has 0 aromatic heterocycles. The first-order valence-electron chi connectivity index (χ1n) is 4.77. The standard InChI is InChI=1S/C11H17N2.ClH.HI/c1-13(2)7-6-10-9(8-13)4-3-5-11(10)12;;/h3-5H,6-8,12H2,1-2H3;2*1H/q+1;;/p-1. The molecule has 2 rings (SSSR count). The predicted octanol–water partition coefficient (Wildman–Crippen LogP) is -1.17. The van der Waals surface area contributed by atoms with Gasteiger partial charge < -0.3 is 34.2 Å². The number of hydrogen-bond donors (Lipinski definition) is 1. The lowest BCUT2D eigenvalue weighted by Crippen LogP contribution is -3.00. The molecule has 2 nitrogen and oxygen atoms in total. The minimum absolute atomic E-state index is 0. The number of anilines is 1. The maximum atomic E-state index is 5.92. The highest BCUT2D eigenvalue weighted by Crippen LogP contribution is 2.25. The Labute approximate surface area is 115 Å². The first-order chi connectivity index (χ1) is 6.08. The van der Waals surface area contributed by atoms with Gasteiger partial charge in [-0.25, -0.2) is 0 Å². The van der Waals surface area contributed by atoms with Gasteiger partial charge in [-0.15, -0.1) is 12.4 Å². The third kappa shape index (κ3) is 3.23. The van der Waals surface area contributed by atoms with Gasteiger partial charge in [-0.05, 0) is 11.6 Å². The van der Waals surface area contributed by atoms with E-state index in [0.717, 1.165) is 23.1 Å². The van der Waals surface area contributed by atoms with E-state index in [4.69, 9.17) is 5.73 Å². The molecule has 15 heavy (non-hydrogen) atoms. The van der Waals surface area contributed by atoms with Crippen LogP contribution < -0.4 is 29.7 Å². The molecule has 2 N–H and O–H groups in total. The third-order valence-electron chi connectivity index (χ3n) is 2.87. The molecule has 1 aliphatic heterocycles. The monoisotopic (exact) mass is 340 g/mol. The molecule has 0 atom stereocenters. The van der Waals surface area contributed by atoms with Gasteiger partial charge in [0.1, 0.15) is 6.54 Å². The highest BCUT2D eigenvalue weighted by atomic mass is 127. The molecule has 1 aromatic rings. The van der Waals surface area contributed by atoms with Crippen LogP contribution in [0.25, 0.3) is 0 Å². The molecular weight excluding hydrogens is 322 g/mol. The van der Waals surface area contributed by atoms with Gasteiger partial charge in [0.05, 0.1) is 20.6 Å². The number of benzene rings is 1. The van der Waals surface area contributed by atoms with Crippen molar-refractivity contribution in [2.45, 2.75) is 13.0 Å². The Balaban J connectivity index is 0.000000980. The summed E-state index contributed by atoms with van der Waals surface area (Å²) in [4.78, 5) is 0. The minimum atomic E-state index is 0. The fourth-order valence-electron chi connectivity index (χ4n) is 2.06. The van der Waals surface area contributed by atoms with E-state index in [0.29, 0.717) is 0 Å². The molecule has 0 saturated carbocycles. The number of fused-ring (bicyclic) bond motifs is 1. The summed E-state index contributed by atoms with van der Waals surface area (Å²) < 4.78 is 1.08. The van der Waals surface area contributed by atoms with Gasteiger partial charge in [0.15, 0.2) is 0 Å². The Morgan fingerprint density at radius 2 is 1.93 bits per heavy atom. The molecule has 0 fully saturated rings. The molecule has 0 bridgehead atoms. The van der Waals surface area contributed by atoms with Crippen LogP contribution in [-0.4, -0.2) is 25.1 Å². The fraction of sp³-hybridized carbons (Fsp3) is 0.455. The SMILES string of the molecule is C[N+]1(C)CCc2c(N)cccc2C1.Cl.[I-]. The second-order valence-electron chi connectivity index (χ2n) is 4.55. The van der Waals surface area contributed by atoms with Gasteiger partial charge in [0.2, 0.25) is 0 Å². The lowest BCUT2D eigenvalue weighted by atomic mass is 9.97. The maximum Gasteiger partial charge on any atom is 0.104 e. The maximum absolute atomic E-state index is 5.92. The van der Waals surface area contributed by atoms with E-state index in [2.05, 4.69) is 26.2 Å². The summed E-state index contributed by atoms with van der Waals surface area (Å²) in [7, 11) is 4.54. The summed E-state index contributed by atoms with van der Waals surface area (Å²) in [6, 6.07) is 6.26. The van der Waals surface area contributed by atoms with Crippen LogP contribution in [0.5, 0.6) is 0 Å². The number of nitrogens with zero attached hydrogens (tertiary/aromatic N) is 1. The Morgan fingerprint density at radius 3 is 2.60 bits per heavy atom. The van der Waals surface area contributed by atoms with Crippen molar-refractivity contribution >= 4 is 18.1 Å². The van der Waals surface area contributed by atoms with E-state index in [9.17, 15) is 0 Å². The molecule has 1 heterocycles. The lowest BCUT2D eigenvalue weighted by Gasteiger charge is -2.35. The normalized spacial score (nSPS) is 16.9. The number of quaternary nitrogens is 1. The summed E-state index contributed by atoms with van der Waals surface area (Å²) >= 11 is 0. The van der Waals surface area contributed by atoms with Gasteiger partial charge in [-0.3, -0.25) is 0 Å². The summed E-state index contributed by atoms with van der Waals surface area (Å²) in [6.45, 7) is 2.31. The number of halogens is 2. The topological polar surface area (TPSA) is 26.0 Å². The van der Waals surface area contributed by atoms with Crippen molar-refractivity contribution in [2.24, 2.45) is 0 Å². The molecule has 0 radical (unpaired) electrons. The zero-order valence-electron chi connectivity index (χ0n) is 9.16. The number of rotatable bonds is 0. The van der Waals surface area contributed by atoms with Crippen molar-refractivity contribution in [1.29, 1.82) is 0 Å². The summed E-state index contributed by atoms with van der Waals surface area (Å²) in [6.07, 6.45) is 1.12. The summed E-state index contributed by atoms with van der Waals surface area (Å²) in [5, 5.41) is 0. The molecule has 0 saturated heterocycles. The molecule has 0 spiro atoms. The van der Waals surface area contributed by atoms with Crippen LogP contribution in [0.15, 0.2) is 18.2 Å². The smallest absolute Gasteiger partial charge is 0.104 e. The van der Waals surface area contributed by atoms with Gasteiger partial charge in [0, 0.05) is 17.7 Å². The zero-order chi connectivity index (χ0) is 9.47. The number of nitrogens with two attached hydrogens (primary N) is 1. The Hall–Kier alpha value is 0. The van der Waals surface area contributed by atoms with Crippen LogP contribution >= 0.6 is 12.4 Å². The molecule has 86 valence electrons. The first kappa shape index (κ1) is 15.0. The van der Waals surface area contributed by atoms with Crippen molar-refractivity contribution in [3.63, 3.8) is 0 Å². The van der Waals surface area contributed by atoms with Crippen LogP contribution in [0.4, 0.5) is 5.69 Å². The highest BCUT2D eigenvalue weighted by Gasteiger charge is 2.24. The van der Waals surface area contributed by atoms with E-state index in [-0.39, 0.29) is 36.4 Å². The Morgan fingerprint density at radius 1 is 1.27 bits per heavy atom. The Kier molecular flexibility index (Phi) is 5.37. The molecular formula is C11H18ClIN2. The van der Waals surface area contributed by atoms with Crippen molar-refractivity contribution in [1.82, 2.24) is 0 Å². The summed E-state index contributed by atoms with van der Waals surface area (Å²) in [5.41, 5.74) is 9.69. The zero-order valence-corrected chi connectivity index (χ0v) is 12.1. The average molecular weight is 341 g/mol. The fourth-order valence-corrected chi connectivity index (χ4v) is 2.06. The van der Waals surface area contributed by atoms with Crippen LogP contribution in [0.2, 0.25) is 0 Å². The van der Waals surface area contributed by atoms with Crippen molar-refractivity contribution in [3.8, 4) is 0 Å². The minimum Gasteiger partial charge on any atom is -1.00 e. The second kappa shape index (κ2) is 5.37. The summed E-state index contributed by atoms with van der Waals surface area (Å²) in [5.74, 6) is 0. The van der Waals surface area contributed by atoms with Gasteiger partial charge >= 0.3 is 0 Å². The van der Waals surface area contributed by atoms with Gasteiger partial charge in [0.25, 0.3) is 0 Å². The predicted molar refractivity (Wildman–Crippen MR) is 62.5 cm³/mol. The molecule has 0 amide bonds. The second-order valence-corrected chi connectivity index (χ2v) is 4.55. The van der Waals surface area contributed by atoms with Gasteiger partial charge in [-0.1, -0.05) is 12.1 Å².